The molecule has 0 unspecified atom stereocenters. The van der Waals surface area contributed by atoms with Crippen LogP contribution in [0.1, 0.15) is 13.8 Å². The molecule has 0 fully saturated rings. The summed E-state index contributed by atoms with van der Waals surface area (Å²) in [6.45, 7) is 3.19. The molecule has 0 N–H and O–H groups in total. The topological polar surface area (TPSA) is 78.9 Å². The molecule has 0 aromatic carbocycles. The standard InChI is InChI=1S/C11H16O6/c1-4-16-10(13)7-9(8(2)12)11(14)17-6-5-15-3/h7H,4-6H2,1-3H3. The fourth-order valence-electron chi connectivity index (χ4n) is 0.902. The molecule has 0 aliphatic heterocycles. The molecule has 0 heterocycles. The van der Waals surface area contributed by atoms with Crippen molar-refractivity contribution in [2.75, 3.05) is 26.9 Å². The van der Waals surface area contributed by atoms with Gasteiger partial charge in [0, 0.05) is 13.2 Å². The number of hydrogen-bond acceptors (Lipinski definition) is 6. The SMILES string of the molecule is CCOC(=O)C=C(C(C)=O)C(=O)OCCOC. The van der Waals surface area contributed by atoms with Gasteiger partial charge in [0.25, 0.3) is 0 Å². The Hall–Kier alpha value is -1.69. The second-order valence-corrected chi connectivity index (χ2v) is 2.99. The minimum atomic E-state index is -0.859. The Balaban J connectivity index is 4.57. The molecular weight excluding hydrogens is 228 g/mol. The molecule has 0 spiro atoms. The van der Waals surface area contributed by atoms with Crippen LogP contribution in [0.4, 0.5) is 0 Å². The van der Waals surface area contributed by atoms with Crippen molar-refractivity contribution >= 4 is 17.7 Å². The van der Waals surface area contributed by atoms with Crippen molar-refractivity contribution in [3.05, 3.63) is 11.6 Å². The molecule has 0 saturated heterocycles. The smallest absolute Gasteiger partial charge is 0.342 e. The Kier molecular flexibility index (Phi) is 7.62. The first-order valence-electron chi connectivity index (χ1n) is 5.08. The van der Waals surface area contributed by atoms with Crippen LogP contribution < -0.4 is 0 Å². The Morgan fingerprint density at radius 2 is 1.76 bits per heavy atom. The summed E-state index contributed by atoms with van der Waals surface area (Å²) >= 11 is 0. The summed E-state index contributed by atoms with van der Waals surface area (Å²) in [5.74, 6) is -2.16. The van der Waals surface area contributed by atoms with E-state index in [-0.39, 0.29) is 25.4 Å². The zero-order valence-corrected chi connectivity index (χ0v) is 10.1. The first-order chi connectivity index (χ1) is 8.02. The maximum atomic E-state index is 11.4. The van der Waals surface area contributed by atoms with Gasteiger partial charge in [-0.1, -0.05) is 0 Å². The molecule has 6 nitrogen and oxygen atoms in total. The van der Waals surface area contributed by atoms with E-state index >= 15 is 0 Å². The minimum absolute atomic E-state index is 0.0166. The summed E-state index contributed by atoms with van der Waals surface area (Å²) in [6.07, 6.45) is 0.834. The number of hydrogen-bond donors (Lipinski definition) is 0. The summed E-state index contributed by atoms with van der Waals surface area (Å²) in [7, 11) is 1.45. The van der Waals surface area contributed by atoms with Crippen molar-refractivity contribution < 1.29 is 28.6 Å². The van der Waals surface area contributed by atoms with E-state index in [1.165, 1.54) is 14.0 Å². The second-order valence-electron chi connectivity index (χ2n) is 2.99. The van der Waals surface area contributed by atoms with Crippen molar-refractivity contribution in [1.82, 2.24) is 0 Å². The van der Waals surface area contributed by atoms with Crippen molar-refractivity contribution in [2.45, 2.75) is 13.8 Å². The van der Waals surface area contributed by atoms with Crippen molar-refractivity contribution in [2.24, 2.45) is 0 Å². The van der Waals surface area contributed by atoms with E-state index in [2.05, 4.69) is 9.47 Å². The summed E-state index contributed by atoms with van der Waals surface area (Å²) in [5, 5.41) is 0. The summed E-state index contributed by atoms with van der Waals surface area (Å²) in [5.41, 5.74) is -0.334. The average Bonchev–Trinajstić information content (AvgIpc) is 2.26. The lowest BCUT2D eigenvalue weighted by Crippen LogP contribution is -2.18. The molecule has 0 rings (SSSR count). The zero-order valence-electron chi connectivity index (χ0n) is 10.1. The monoisotopic (exact) mass is 244 g/mol. The first-order valence-corrected chi connectivity index (χ1v) is 5.08. The maximum absolute atomic E-state index is 11.4. The van der Waals surface area contributed by atoms with Gasteiger partial charge < -0.3 is 14.2 Å². The number of carbonyl (C=O) groups is 3. The van der Waals surface area contributed by atoms with E-state index in [1.54, 1.807) is 6.92 Å². The van der Waals surface area contributed by atoms with Gasteiger partial charge >= 0.3 is 11.9 Å². The molecular formula is C11H16O6. The molecule has 0 radical (unpaired) electrons. The van der Waals surface area contributed by atoms with Crippen LogP contribution in [-0.2, 0) is 28.6 Å². The fraction of sp³-hybridized carbons (Fsp3) is 0.545. The van der Waals surface area contributed by atoms with Gasteiger partial charge in [-0.25, -0.2) is 9.59 Å². The highest BCUT2D eigenvalue weighted by Gasteiger charge is 2.18. The van der Waals surface area contributed by atoms with Crippen LogP contribution in [-0.4, -0.2) is 44.7 Å². The highest BCUT2D eigenvalue weighted by molar-refractivity contribution is 6.19. The number of ketones is 1. The number of carbonyl (C=O) groups excluding carboxylic acids is 3. The number of methoxy groups -OCH3 is 1. The van der Waals surface area contributed by atoms with Crippen LogP contribution in [0.15, 0.2) is 11.6 Å². The quantitative estimate of drug-likeness (QED) is 0.210. The van der Waals surface area contributed by atoms with Gasteiger partial charge in [-0.05, 0) is 13.8 Å². The van der Waals surface area contributed by atoms with Crippen molar-refractivity contribution in [1.29, 1.82) is 0 Å². The molecule has 6 heteroatoms. The third-order valence-corrected chi connectivity index (χ3v) is 1.67. The maximum Gasteiger partial charge on any atom is 0.342 e. The lowest BCUT2D eigenvalue weighted by Gasteiger charge is -2.05. The van der Waals surface area contributed by atoms with E-state index in [4.69, 9.17) is 4.74 Å². The molecule has 0 saturated carbocycles. The highest BCUT2D eigenvalue weighted by Crippen LogP contribution is 2.01. The Morgan fingerprint density at radius 1 is 1.12 bits per heavy atom. The largest absolute Gasteiger partial charge is 0.463 e. The van der Waals surface area contributed by atoms with Crippen LogP contribution in [0.2, 0.25) is 0 Å². The zero-order chi connectivity index (χ0) is 13.3. The minimum Gasteiger partial charge on any atom is -0.463 e. The van der Waals surface area contributed by atoms with Gasteiger partial charge in [0.2, 0.25) is 0 Å². The van der Waals surface area contributed by atoms with Gasteiger partial charge in [-0.15, -0.1) is 0 Å². The van der Waals surface area contributed by atoms with E-state index < -0.39 is 17.7 Å². The van der Waals surface area contributed by atoms with E-state index in [0.29, 0.717) is 0 Å². The summed E-state index contributed by atoms with van der Waals surface area (Å²) in [6, 6.07) is 0. The Bertz CT molecular complexity index is 318. The van der Waals surface area contributed by atoms with E-state index in [1.807, 2.05) is 0 Å². The molecule has 96 valence electrons. The van der Waals surface area contributed by atoms with Crippen LogP contribution in [0, 0.1) is 0 Å². The number of Topliss-reactive ketones (excluding diaryl/α,β-unsaturated/α-hetero) is 1. The number of rotatable bonds is 7. The molecule has 0 aliphatic rings. The van der Waals surface area contributed by atoms with Gasteiger partial charge in [-0.2, -0.15) is 0 Å². The van der Waals surface area contributed by atoms with Crippen molar-refractivity contribution in [3.8, 4) is 0 Å². The molecule has 0 amide bonds. The van der Waals surface area contributed by atoms with Gasteiger partial charge in [0.05, 0.1) is 13.2 Å². The van der Waals surface area contributed by atoms with Gasteiger partial charge in [-0.3, -0.25) is 4.79 Å². The number of esters is 2. The third-order valence-electron chi connectivity index (χ3n) is 1.67. The predicted octanol–water partition coefficient (Wildman–Crippen LogP) is 0.254. The lowest BCUT2D eigenvalue weighted by atomic mass is 10.2. The fourth-order valence-corrected chi connectivity index (χ4v) is 0.902. The lowest BCUT2D eigenvalue weighted by molar-refractivity contribution is -0.143. The Morgan fingerprint density at radius 3 is 2.24 bits per heavy atom. The first kappa shape index (κ1) is 15.3. The Labute approximate surface area is 99.5 Å². The molecule has 0 aromatic rings. The van der Waals surface area contributed by atoms with Crippen LogP contribution in [0.3, 0.4) is 0 Å². The molecule has 0 aromatic heterocycles. The summed E-state index contributed by atoms with van der Waals surface area (Å²) in [4.78, 5) is 33.7. The van der Waals surface area contributed by atoms with Crippen LogP contribution in [0.25, 0.3) is 0 Å². The molecule has 0 aliphatic carbocycles. The third kappa shape index (κ3) is 6.47. The van der Waals surface area contributed by atoms with E-state index in [0.717, 1.165) is 6.08 Å². The van der Waals surface area contributed by atoms with E-state index in [9.17, 15) is 14.4 Å². The predicted molar refractivity (Wildman–Crippen MR) is 58.2 cm³/mol. The normalized spacial score (nSPS) is 10.9. The van der Waals surface area contributed by atoms with Crippen molar-refractivity contribution in [3.63, 3.8) is 0 Å². The van der Waals surface area contributed by atoms with Crippen LogP contribution in [0.5, 0.6) is 0 Å². The summed E-state index contributed by atoms with van der Waals surface area (Å²) < 4.78 is 14.0. The van der Waals surface area contributed by atoms with Gasteiger partial charge in [0.1, 0.15) is 12.2 Å². The second kappa shape index (κ2) is 8.46. The van der Waals surface area contributed by atoms with Crippen LogP contribution >= 0.6 is 0 Å². The molecule has 17 heavy (non-hydrogen) atoms. The van der Waals surface area contributed by atoms with Gasteiger partial charge in [0.15, 0.2) is 5.78 Å². The molecule has 0 bridgehead atoms. The number of ether oxygens (including phenoxy) is 3. The average molecular weight is 244 g/mol. The highest BCUT2D eigenvalue weighted by atomic mass is 16.6. The molecule has 0 atom stereocenters.